The zero-order valence-corrected chi connectivity index (χ0v) is 46.4. The first kappa shape index (κ1) is 57.7. The quantitative estimate of drug-likeness (QED) is 0.0386. The van der Waals surface area contributed by atoms with Gasteiger partial charge in [0.1, 0.15) is 0 Å². The Morgan fingerprint density at radius 1 is 0.469 bits per heavy atom. The number of nitrogens with one attached hydrogen (secondary N) is 4. The normalized spacial score (nSPS) is 17.6. The van der Waals surface area contributed by atoms with E-state index in [1.165, 1.54) is 5.39 Å². The molecule has 2 saturated heterocycles. The molecule has 8 N–H and O–H groups in total. The first-order valence-electron chi connectivity index (χ1n) is 29.0. The lowest BCUT2D eigenvalue weighted by molar-refractivity contribution is -0.135. The van der Waals surface area contributed by atoms with Crippen molar-refractivity contribution >= 4 is 45.2 Å². The fourth-order valence-corrected chi connectivity index (χ4v) is 11.5. The Balaban J connectivity index is 0.000000196. The Labute approximate surface area is 477 Å². The van der Waals surface area contributed by atoms with Crippen molar-refractivity contribution in [2.45, 2.75) is 94.0 Å². The van der Waals surface area contributed by atoms with Crippen molar-refractivity contribution in [2.24, 2.45) is 11.5 Å². The summed E-state index contributed by atoms with van der Waals surface area (Å²) in [5.74, 6) is 0.0783. The molecule has 2 fully saturated rings. The van der Waals surface area contributed by atoms with Gasteiger partial charge in [-0.05, 0) is 113 Å². The van der Waals surface area contributed by atoms with Gasteiger partial charge in [0.2, 0.25) is 17.7 Å². The van der Waals surface area contributed by atoms with Crippen LogP contribution < -0.4 is 32.7 Å². The number of nitrogens with zero attached hydrogens (tertiary/aromatic N) is 2. The zero-order chi connectivity index (χ0) is 56.2. The molecule has 4 amide bonds. The molecule has 2 aliphatic heterocycles. The van der Waals surface area contributed by atoms with Crippen LogP contribution >= 0.6 is 0 Å². The number of fused-ring (bicyclic) bond motifs is 2. The molecule has 8 aromatic carbocycles. The van der Waals surface area contributed by atoms with Crippen molar-refractivity contribution in [3.8, 4) is 0 Å². The summed E-state index contributed by atoms with van der Waals surface area (Å²) in [4.78, 5) is 58.3. The van der Waals surface area contributed by atoms with Crippen LogP contribution in [0.4, 0.5) is 0 Å². The lowest BCUT2D eigenvalue weighted by atomic mass is 9.96. The highest BCUT2D eigenvalue weighted by Gasteiger charge is 2.37. The van der Waals surface area contributed by atoms with Crippen LogP contribution in [0.3, 0.4) is 0 Å². The van der Waals surface area contributed by atoms with Crippen LogP contribution in [0.15, 0.2) is 206 Å². The van der Waals surface area contributed by atoms with Crippen molar-refractivity contribution in [2.75, 3.05) is 39.3 Å². The Morgan fingerprint density at radius 3 is 1.31 bits per heavy atom. The minimum Gasteiger partial charge on any atom is -0.354 e. The topological polar surface area (TPSA) is 175 Å². The van der Waals surface area contributed by atoms with Gasteiger partial charge >= 0.3 is 0 Å². The van der Waals surface area contributed by atoms with E-state index in [9.17, 15) is 19.2 Å². The lowest BCUT2D eigenvalue weighted by Crippen LogP contribution is -2.49. The monoisotopic (exact) mass is 1080 g/mol. The highest BCUT2D eigenvalue weighted by Crippen LogP contribution is 2.33. The maximum absolute atomic E-state index is 14.1. The molecule has 0 bridgehead atoms. The number of carbonyl (C=O) groups excluding carboxylic acids is 4. The summed E-state index contributed by atoms with van der Waals surface area (Å²) < 4.78 is 0. The van der Waals surface area contributed by atoms with Gasteiger partial charge in [0, 0.05) is 43.8 Å². The van der Waals surface area contributed by atoms with E-state index >= 15 is 0 Å². The minimum atomic E-state index is -0.341. The molecule has 0 unspecified atom stereocenters. The highest BCUT2D eigenvalue weighted by atomic mass is 16.2. The van der Waals surface area contributed by atoms with E-state index in [1.54, 1.807) is 0 Å². The second kappa shape index (κ2) is 29.5. The van der Waals surface area contributed by atoms with Crippen LogP contribution in [0.1, 0.15) is 102 Å². The van der Waals surface area contributed by atoms with Gasteiger partial charge in [0.05, 0.1) is 30.6 Å². The van der Waals surface area contributed by atoms with Gasteiger partial charge in [-0.25, -0.2) is 0 Å². The van der Waals surface area contributed by atoms with Gasteiger partial charge in [0.15, 0.2) is 0 Å². The van der Waals surface area contributed by atoms with E-state index < -0.39 is 0 Å². The number of carbonyl (C=O) groups is 4. The van der Waals surface area contributed by atoms with Gasteiger partial charge in [-0.1, -0.05) is 207 Å². The molecular weight excluding hydrogens is 1000 g/mol. The molecule has 0 radical (unpaired) electrons. The smallest absolute Gasteiger partial charge is 0.251 e. The van der Waals surface area contributed by atoms with Gasteiger partial charge < -0.3 is 42.5 Å². The van der Waals surface area contributed by atoms with Crippen molar-refractivity contribution in [3.05, 3.63) is 240 Å². The Kier molecular flexibility index (Phi) is 21.0. The molecule has 0 aromatic heterocycles. The van der Waals surface area contributed by atoms with E-state index in [4.69, 9.17) is 11.5 Å². The molecule has 2 heterocycles. The Hall–Kier alpha value is -8.00. The van der Waals surface area contributed by atoms with Gasteiger partial charge in [-0.2, -0.15) is 0 Å². The average molecular weight is 1080 g/mol. The fraction of sp³-hybridized carbons (Fsp3) is 0.304. The first-order valence-corrected chi connectivity index (χ1v) is 29.0. The summed E-state index contributed by atoms with van der Waals surface area (Å²) in [7, 11) is 0. The Morgan fingerprint density at radius 2 is 0.864 bits per heavy atom. The number of amides is 4. The summed E-state index contributed by atoms with van der Waals surface area (Å²) in [6.07, 6.45) is 6.70. The van der Waals surface area contributed by atoms with E-state index in [1.807, 2.05) is 143 Å². The molecule has 12 nitrogen and oxygen atoms in total. The first-order chi connectivity index (χ1) is 39.8. The third kappa shape index (κ3) is 15.7. The van der Waals surface area contributed by atoms with Crippen LogP contribution in [-0.2, 0) is 20.8 Å². The summed E-state index contributed by atoms with van der Waals surface area (Å²) in [6.45, 7) is 3.31. The number of unbranched alkanes of at least 4 members (excludes halogenated alkanes) is 2. The summed E-state index contributed by atoms with van der Waals surface area (Å²) in [5, 5.41) is 17.9. The molecule has 81 heavy (non-hydrogen) atoms. The van der Waals surface area contributed by atoms with E-state index in [0.717, 1.165) is 82.5 Å². The molecular formula is C69H78N8O4. The molecule has 10 rings (SSSR count). The largest absolute Gasteiger partial charge is 0.354 e. The maximum Gasteiger partial charge on any atom is 0.251 e. The van der Waals surface area contributed by atoms with Crippen LogP contribution in [0, 0.1) is 0 Å². The number of hydrogen-bond donors (Lipinski definition) is 6. The van der Waals surface area contributed by atoms with E-state index in [2.05, 4.69) is 94.1 Å². The zero-order valence-electron chi connectivity index (χ0n) is 46.4. The van der Waals surface area contributed by atoms with Crippen molar-refractivity contribution in [1.82, 2.24) is 31.1 Å². The molecule has 0 aliphatic carbocycles. The number of benzene rings is 8. The van der Waals surface area contributed by atoms with Crippen molar-refractivity contribution < 1.29 is 19.2 Å². The summed E-state index contributed by atoms with van der Waals surface area (Å²) in [5.41, 5.74) is 17.5. The summed E-state index contributed by atoms with van der Waals surface area (Å²) >= 11 is 0. The SMILES string of the molecule is NCCCC[C@@H]1N[C@H](CNC(=O)Cc2ccc3ccccc3c2)CCN(C(c2ccccc2)c2ccccc2)C1=O.NCCCC[C@@H]1N[C@H](CNC(=O)c2ccc3ccccc3c2)CCN(C(c2ccccc2)c2ccccc2)C1=O. The molecule has 418 valence electrons. The second-order valence-corrected chi connectivity index (χ2v) is 21.4. The second-order valence-electron chi connectivity index (χ2n) is 21.4. The number of rotatable bonds is 21. The molecule has 0 spiro atoms. The van der Waals surface area contributed by atoms with Crippen LogP contribution in [0.25, 0.3) is 21.5 Å². The lowest BCUT2D eigenvalue weighted by Gasteiger charge is -2.33. The number of nitrogens with two attached hydrogens (primary N) is 2. The standard InChI is InChI=1S/C35H40N4O2.C34H38N4O2/c36-21-10-9-17-32-35(41)39(34(28-12-3-1-4-13-28)29-14-5-2-6-15-29)22-20-31(38-32)25-37-33(40)24-26-18-19-27-11-7-8-16-30(27)23-26;35-21-10-9-17-31-34(40)38(32(26-12-3-1-4-13-26)27-14-5-2-6-15-27)22-20-30(37-31)24-36-33(39)29-19-18-25-11-7-8-16-28(25)23-29/h1-8,11-16,18-19,23,31-32,34,38H,9-10,17,20-22,24-25,36H2,(H,37,40);1-8,11-16,18-19,23,30-32,37H,9-10,17,20-22,24,35H2,(H,36,39)/t31-,32-;30-,31-/m00/s1. The molecule has 8 aromatic rings. The molecule has 2 aliphatic rings. The van der Waals surface area contributed by atoms with Crippen LogP contribution in [0.5, 0.6) is 0 Å². The number of hydrogen-bond acceptors (Lipinski definition) is 8. The Bertz CT molecular complexity index is 3200. The fourth-order valence-electron chi connectivity index (χ4n) is 11.5. The third-order valence-corrected chi connectivity index (χ3v) is 15.7. The van der Waals surface area contributed by atoms with Gasteiger partial charge in [0.25, 0.3) is 5.91 Å². The predicted octanol–water partition coefficient (Wildman–Crippen LogP) is 10.0. The highest BCUT2D eigenvalue weighted by molar-refractivity contribution is 5.98. The van der Waals surface area contributed by atoms with Gasteiger partial charge in [-0.3, -0.25) is 19.2 Å². The predicted molar refractivity (Wildman–Crippen MR) is 326 cm³/mol. The van der Waals surface area contributed by atoms with E-state index in [0.29, 0.717) is 64.1 Å². The molecule has 12 heteroatoms. The maximum atomic E-state index is 14.1. The van der Waals surface area contributed by atoms with Crippen LogP contribution in [-0.4, -0.2) is 96.9 Å². The third-order valence-electron chi connectivity index (χ3n) is 15.7. The summed E-state index contributed by atoms with van der Waals surface area (Å²) in [6, 6.07) is 68.0. The van der Waals surface area contributed by atoms with E-state index in [-0.39, 0.29) is 59.9 Å². The molecule has 0 saturated carbocycles. The molecule has 4 atom stereocenters. The minimum absolute atomic E-state index is 0.0133. The van der Waals surface area contributed by atoms with Gasteiger partial charge in [-0.15, -0.1) is 0 Å². The van der Waals surface area contributed by atoms with Crippen molar-refractivity contribution in [1.29, 1.82) is 0 Å². The van der Waals surface area contributed by atoms with Crippen LogP contribution in [0.2, 0.25) is 0 Å². The van der Waals surface area contributed by atoms with Crippen molar-refractivity contribution in [3.63, 3.8) is 0 Å². The average Bonchev–Trinajstić information content (AvgIpc) is 3.77.